The number of nitrogens with zero attached hydrogens (tertiary/aromatic N) is 1. The van der Waals surface area contributed by atoms with E-state index in [4.69, 9.17) is 5.73 Å². The van der Waals surface area contributed by atoms with Crippen LogP contribution in [0.1, 0.15) is 29.9 Å². The Bertz CT molecular complexity index is 441. The molecule has 1 atom stereocenters. The van der Waals surface area contributed by atoms with Gasteiger partial charge in [0, 0.05) is 12.6 Å². The fourth-order valence-electron chi connectivity index (χ4n) is 1.86. The molecule has 0 bridgehead atoms. The zero-order valence-corrected chi connectivity index (χ0v) is 12.9. The topological polar surface area (TPSA) is 80.0 Å². The number of thiazole rings is 1. The van der Waals surface area contributed by atoms with E-state index in [1.54, 1.807) is 0 Å². The molecule has 1 aromatic heterocycles. The number of amides is 1. The highest BCUT2D eigenvalue weighted by atomic mass is 32.2. The second kappa shape index (κ2) is 6.47. The number of carbonyl (C=O) groups excluding carboxylic acids is 1. The zero-order valence-electron chi connectivity index (χ0n) is 11.2. The molecule has 2 rings (SSSR count). The van der Waals surface area contributed by atoms with Gasteiger partial charge in [0.05, 0.1) is 0 Å². The number of nitrogen functional groups attached to an aromatic ring is 1. The molecule has 0 aromatic carbocycles. The first-order valence-corrected chi connectivity index (χ1v) is 8.42. The number of aromatic nitrogens is 1. The first-order valence-electron chi connectivity index (χ1n) is 6.45. The van der Waals surface area contributed by atoms with Gasteiger partial charge in [0.15, 0.2) is 5.13 Å². The van der Waals surface area contributed by atoms with Crippen LogP contribution in [0.3, 0.4) is 0 Å². The predicted molar refractivity (Wildman–Crippen MR) is 83.1 cm³/mol. The quantitative estimate of drug-likeness (QED) is 0.775. The molecule has 4 N–H and O–H groups in total. The van der Waals surface area contributed by atoms with Gasteiger partial charge in [-0.05, 0) is 37.7 Å². The molecule has 0 saturated carbocycles. The summed E-state index contributed by atoms with van der Waals surface area (Å²) in [6.45, 7) is 4.78. The first-order chi connectivity index (χ1) is 9.06. The molecule has 0 radical (unpaired) electrons. The summed E-state index contributed by atoms with van der Waals surface area (Å²) in [4.78, 5) is 16.7. The van der Waals surface area contributed by atoms with E-state index in [0.29, 0.717) is 21.7 Å². The van der Waals surface area contributed by atoms with Crippen LogP contribution in [0.15, 0.2) is 0 Å². The lowest BCUT2D eigenvalue weighted by Crippen LogP contribution is -2.29. The monoisotopic (exact) mass is 300 g/mol. The SMILES string of the molecule is CC(C)Nc1nc(N)c(C(=O)NCC2CCSC2)s1. The standard InChI is InChI=1S/C12H20N4OS2/c1-7(2)15-12-16-10(13)9(19-12)11(17)14-5-8-3-4-18-6-8/h7-8H,3-6,13H2,1-2H3,(H,14,17)(H,15,16). The molecule has 0 aliphatic carbocycles. The van der Waals surface area contributed by atoms with Gasteiger partial charge in [-0.2, -0.15) is 11.8 Å². The van der Waals surface area contributed by atoms with E-state index in [0.717, 1.165) is 12.3 Å². The summed E-state index contributed by atoms with van der Waals surface area (Å²) in [5.74, 6) is 3.14. The molecule has 2 heterocycles. The van der Waals surface area contributed by atoms with Crippen LogP contribution in [0.25, 0.3) is 0 Å². The van der Waals surface area contributed by atoms with Crippen molar-refractivity contribution in [2.24, 2.45) is 5.92 Å². The third-order valence-corrected chi connectivity index (χ3v) is 5.08. The molecule has 1 aliphatic rings. The molecule has 106 valence electrons. The van der Waals surface area contributed by atoms with Gasteiger partial charge in [-0.1, -0.05) is 11.3 Å². The van der Waals surface area contributed by atoms with Crippen molar-refractivity contribution in [3.63, 3.8) is 0 Å². The molecule has 1 aromatic rings. The third kappa shape index (κ3) is 4.01. The van der Waals surface area contributed by atoms with Gasteiger partial charge in [-0.3, -0.25) is 4.79 Å². The summed E-state index contributed by atoms with van der Waals surface area (Å²) in [7, 11) is 0. The van der Waals surface area contributed by atoms with E-state index in [9.17, 15) is 4.79 Å². The van der Waals surface area contributed by atoms with E-state index < -0.39 is 0 Å². The zero-order chi connectivity index (χ0) is 13.8. The number of nitrogens with one attached hydrogen (secondary N) is 2. The summed E-state index contributed by atoms with van der Waals surface area (Å²) in [5.41, 5.74) is 5.80. The van der Waals surface area contributed by atoms with Gasteiger partial charge >= 0.3 is 0 Å². The molecule has 1 amide bonds. The van der Waals surface area contributed by atoms with Crippen molar-refractivity contribution < 1.29 is 4.79 Å². The maximum absolute atomic E-state index is 12.1. The lowest BCUT2D eigenvalue weighted by molar-refractivity contribution is 0.0953. The Labute approximate surface area is 121 Å². The van der Waals surface area contributed by atoms with Crippen molar-refractivity contribution in [3.8, 4) is 0 Å². The van der Waals surface area contributed by atoms with Crippen molar-refractivity contribution in [3.05, 3.63) is 4.88 Å². The second-order valence-electron chi connectivity index (χ2n) is 4.97. The minimum absolute atomic E-state index is 0.108. The van der Waals surface area contributed by atoms with Gasteiger partial charge in [0.1, 0.15) is 10.7 Å². The molecule has 19 heavy (non-hydrogen) atoms. The fraction of sp³-hybridized carbons (Fsp3) is 0.667. The van der Waals surface area contributed by atoms with Crippen LogP contribution in [-0.4, -0.2) is 35.0 Å². The van der Waals surface area contributed by atoms with E-state index in [1.807, 2.05) is 25.6 Å². The summed E-state index contributed by atoms with van der Waals surface area (Å²) in [5, 5.41) is 6.82. The number of hydrogen-bond acceptors (Lipinski definition) is 6. The molecule has 1 fully saturated rings. The van der Waals surface area contributed by atoms with E-state index >= 15 is 0 Å². The number of rotatable bonds is 5. The smallest absolute Gasteiger partial charge is 0.265 e. The van der Waals surface area contributed by atoms with E-state index in [-0.39, 0.29) is 11.9 Å². The molecule has 1 aliphatic heterocycles. The van der Waals surface area contributed by atoms with Crippen LogP contribution in [-0.2, 0) is 0 Å². The van der Waals surface area contributed by atoms with Crippen LogP contribution in [0.5, 0.6) is 0 Å². The second-order valence-corrected chi connectivity index (χ2v) is 7.12. The lowest BCUT2D eigenvalue weighted by Gasteiger charge is -2.09. The number of carbonyl (C=O) groups is 1. The molecule has 1 saturated heterocycles. The molecule has 7 heteroatoms. The third-order valence-electron chi connectivity index (χ3n) is 2.85. The number of anilines is 2. The maximum Gasteiger partial charge on any atom is 0.265 e. The van der Waals surface area contributed by atoms with Crippen molar-refractivity contribution in [1.82, 2.24) is 10.3 Å². The largest absolute Gasteiger partial charge is 0.382 e. The highest BCUT2D eigenvalue weighted by molar-refractivity contribution is 7.99. The first kappa shape index (κ1) is 14.5. The van der Waals surface area contributed by atoms with Crippen LogP contribution < -0.4 is 16.4 Å². The highest BCUT2D eigenvalue weighted by Crippen LogP contribution is 2.26. The van der Waals surface area contributed by atoms with Crippen LogP contribution in [0.4, 0.5) is 10.9 Å². The van der Waals surface area contributed by atoms with E-state index in [2.05, 4.69) is 15.6 Å². The molecular weight excluding hydrogens is 280 g/mol. The lowest BCUT2D eigenvalue weighted by atomic mass is 10.1. The minimum atomic E-state index is -0.108. The molecular formula is C12H20N4OS2. The molecule has 5 nitrogen and oxygen atoms in total. The number of hydrogen-bond donors (Lipinski definition) is 3. The van der Waals surface area contributed by atoms with Crippen molar-refractivity contribution in [2.75, 3.05) is 29.1 Å². The van der Waals surface area contributed by atoms with Gasteiger partial charge in [0.25, 0.3) is 5.91 Å². The van der Waals surface area contributed by atoms with Gasteiger partial charge < -0.3 is 16.4 Å². The fourth-order valence-corrected chi connectivity index (χ4v) is 4.10. The van der Waals surface area contributed by atoms with Crippen molar-refractivity contribution in [1.29, 1.82) is 0 Å². The summed E-state index contributed by atoms with van der Waals surface area (Å²) < 4.78 is 0. The Balaban J connectivity index is 1.92. The normalized spacial score (nSPS) is 18.8. The maximum atomic E-state index is 12.1. The number of thioether (sulfide) groups is 1. The Kier molecular flexibility index (Phi) is 4.93. The average molecular weight is 300 g/mol. The summed E-state index contributed by atoms with van der Waals surface area (Å²) >= 11 is 3.26. The van der Waals surface area contributed by atoms with Crippen LogP contribution >= 0.6 is 23.1 Å². The predicted octanol–water partition coefficient (Wildman–Crippen LogP) is 2.03. The Morgan fingerprint density at radius 2 is 2.37 bits per heavy atom. The van der Waals surface area contributed by atoms with E-state index in [1.165, 1.54) is 23.5 Å². The molecule has 0 spiro atoms. The van der Waals surface area contributed by atoms with Crippen molar-refractivity contribution >= 4 is 40.0 Å². The van der Waals surface area contributed by atoms with Gasteiger partial charge in [-0.15, -0.1) is 0 Å². The van der Waals surface area contributed by atoms with Gasteiger partial charge in [-0.25, -0.2) is 4.98 Å². The van der Waals surface area contributed by atoms with Crippen LogP contribution in [0, 0.1) is 5.92 Å². The number of nitrogens with two attached hydrogens (primary N) is 1. The van der Waals surface area contributed by atoms with Crippen molar-refractivity contribution in [2.45, 2.75) is 26.3 Å². The minimum Gasteiger partial charge on any atom is -0.382 e. The van der Waals surface area contributed by atoms with Gasteiger partial charge in [0.2, 0.25) is 0 Å². The molecule has 1 unspecified atom stereocenters. The Morgan fingerprint density at radius 3 is 3.00 bits per heavy atom. The Hall–Kier alpha value is -0.950. The summed E-state index contributed by atoms with van der Waals surface area (Å²) in [6.07, 6.45) is 1.18. The average Bonchev–Trinajstić information content (AvgIpc) is 2.95. The summed E-state index contributed by atoms with van der Waals surface area (Å²) in [6, 6.07) is 0.275. The van der Waals surface area contributed by atoms with Crippen LogP contribution in [0.2, 0.25) is 0 Å². The highest BCUT2D eigenvalue weighted by Gasteiger charge is 2.20. The Morgan fingerprint density at radius 1 is 1.58 bits per heavy atom.